The van der Waals surface area contributed by atoms with Crippen LogP contribution in [-0.4, -0.2) is 9.55 Å². The summed E-state index contributed by atoms with van der Waals surface area (Å²) in [5, 5.41) is 3.97. The molecule has 0 aliphatic rings. The van der Waals surface area contributed by atoms with Gasteiger partial charge < -0.3 is 0 Å². The third-order valence-electron chi connectivity index (χ3n) is 4.80. The zero-order valence-corrected chi connectivity index (χ0v) is 17.0. The van der Waals surface area contributed by atoms with Crippen LogP contribution in [0.4, 0.5) is 0 Å². The van der Waals surface area contributed by atoms with Crippen LogP contribution in [0.2, 0.25) is 0 Å². The van der Waals surface area contributed by atoms with Crippen molar-refractivity contribution in [1.82, 2.24) is 9.55 Å². The second-order valence-corrected chi connectivity index (χ2v) is 8.63. The summed E-state index contributed by atoms with van der Waals surface area (Å²) in [4.78, 5) is 19.9. The van der Waals surface area contributed by atoms with Gasteiger partial charge >= 0.3 is 0 Å². The van der Waals surface area contributed by atoms with Crippen LogP contribution in [0, 0.1) is 13.8 Å². The molecule has 4 aromatic rings. The highest BCUT2D eigenvalue weighted by molar-refractivity contribution is 7.98. The molecule has 136 valence electrons. The third kappa shape index (κ3) is 3.22. The van der Waals surface area contributed by atoms with Crippen molar-refractivity contribution in [3.63, 3.8) is 0 Å². The predicted octanol–water partition coefficient (Wildman–Crippen LogP) is 5.71. The van der Waals surface area contributed by atoms with Crippen LogP contribution in [0.5, 0.6) is 0 Å². The molecule has 0 aliphatic heterocycles. The Hall–Kier alpha value is -2.37. The van der Waals surface area contributed by atoms with E-state index in [2.05, 4.69) is 49.0 Å². The van der Waals surface area contributed by atoms with Gasteiger partial charge in [-0.15, -0.1) is 17.9 Å². The van der Waals surface area contributed by atoms with Gasteiger partial charge in [-0.25, -0.2) is 4.98 Å². The number of hydrogen-bond donors (Lipinski definition) is 0. The minimum absolute atomic E-state index is 0.0298. The van der Waals surface area contributed by atoms with E-state index in [9.17, 15) is 4.79 Å². The van der Waals surface area contributed by atoms with Gasteiger partial charge in [-0.3, -0.25) is 9.36 Å². The number of hydrogen-bond acceptors (Lipinski definition) is 4. The van der Waals surface area contributed by atoms with Gasteiger partial charge in [0.2, 0.25) is 0 Å². The molecule has 2 aromatic heterocycles. The van der Waals surface area contributed by atoms with Gasteiger partial charge in [0.15, 0.2) is 5.16 Å². The predicted molar refractivity (Wildman–Crippen MR) is 117 cm³/mol. The summed E-state index contributed by atoms with van der Waals surface area (Å²) in [6.07, 6.45) is 1.76. The molecule has 27 heavy (non-hydrogen) atoms. The number of nitrogens with zero attached hydrogens (tertiary/aromatic N) is 2. The van der Waals surface area contributed by atoms with Gasteiger partial charge in [0.05, 0.1) is 5.39 Å². The zero-order valence-electron chi connectivity index (χ0n) is 15.4. The Kier molecular flexibility index (Phi) is 4.89. The van der Waals surface area contributed by atoms with E-state index in [0.29, 0.717) is 6.54 Å². The van der Waals surface area contributed by atoms with Crippen LogP contribution < -0.4 is 5.56 Å². The quantitative estimate of drug-likeness (QED) is 0.248. The molecule has 0 bridgehead atoms. The SMILES string of the molecule is C=CCn1c(SCc2cccc3ccccc23)nc2sc(C)c(C)c2c1=O. The second-order valence-electron chi connectivity index (χ2n) is 6.49. The van der Waals surface area contributed by atoms with E-state index in [1.165, 1.54) is 16.3 Å². The van der Waals surface area contributed by atoms with Crippen molar-refractivity contribution in [1.29, 1.82) is 0 Å². The minimum Gasteiger partial charge on any atom is -0.283 e. The molecule has 5 heteroatoms. The lowest BCUT2D eigenvalue weighted by Crippen LogP contribution is -2.22. The van der Waals surface area contributed by atoms with Crippen molar-refractivity contribution in [2.45, 2.75) is 31.3 Å². The molecule has 0 fully saturated rings. The number of aromatic nitrogens is 2. The van der Waals surface area contributed by atoms with Crippen LogP contribution in [0.25, 0.3) is 21.0 Å². The molecule has 0 atom stereocenters. The van der Waals surface area contributed by atoms with E-state index in [1.807, 2.05) is 13.8 Å². The maximum Gasteiger partial charge on any atom is 0.263 e. The normalized spacial score (nSPS) is 11.3. The van der Waals surface area contributed by atoms with Crippen molar-refractivity contribution < 1.29 is 0 Å². The van der Waals surface area contributed by atoms with Crippen LogP contribution >= 0.6 is 23.1 Å². The van der Waals surface area contributed by atoms with Gasteiger partial charge in [0, 0.05) is 17.2 Å². The van der Waals surface area contributed by atoms with Crippen LogP contribution in [0.1, 0.15) is 16.0 Å². The molecule has 0 N–H and O–H groups in total. The summed E-state index contributed by atoms with van der Waals surface area (Å²) < 4.78 is 1.74. The third-order valence-corrected chi connectivity index (χ3v) is 6.93. The molecule has 2 aromatic carbocycles. The fourth-order valence-corrected chi connectivity index (χ4v) is 5.35. The van der Waals surface area contributed by atoms with Gasteiger partial charge in [0.1, 0.15) is 4.83 Å². The first kappa shape index (κ1) is 18.0. The van der Waals surface area contributed by atoms with E-state index >= 15 is 0 Å². The molecule has 0 unspecified atom stereocenters. The van der Waals surface area contributed by atoms with Gasteiger partial charge in [-0.05, 0) is 35.7 Å². The first-order valence-corrected chi connectivity index (χ1v) is 10.6. The van der Waals surface area contributed by atoms with Crippen molar-refractivity contribution >= 4 is 44.1 Å². The molecule has 0 amide bonds. The topological polar surface area (TPSA) is 34.9 Å². The number of thioether (sulfide) groups is 1. The van der Waals surface area contributed by atoms with E-state index in [1.54, 1.807) is 33.7 Å². The smallest absolute Gasteiger partial charge is 0.263 e. The summed E-state index contributed by atoms with van der Waals surface area (Å²) >= 11 is 3.20. The molecule has 0 aliphatic carbocycles. The van der Waals surface area contributed by atoms with E-state index in [0.717, 1.165) is 31.6 Å². The minimum atomic E-state index is 0.0298. The summed E-state index contributed by atoms with van der Waals surface area (Å²) in [7, 11) is 0. The Balaban J connectivity index is 1.78. The first-order chi connectivity index (χ1) is 13.1. The summed E-state index contributed by atoms with van der Waals surface area (Å²) in [5.74, 6) is 0.764. The number of rotatable bonds is 5. The van der Waals surface area contributed by atoms with Gasteiger partial charge in [0.25, 0.3) is 5.56 Å². The number of allylic oxidation sites excluding steroid dienone is 1. The zero-order chi connectivity index (χ0) is 19.0. The lowest BCUT2D eigenvalue weighted by molar-refractivity contribution is 0.672. The summed E-state index contributed by atoms with van der Waals surface area (Å²) in [6, 6.07) is 14.7. The number of fused-ring (bicyclic) bond motifs is 2. The average molecular weight is 393 g/mol. The lowest BCUT2D eigenvalue weighted by Gasteiger charge is -2.11. The van der Waals surface area contributed by atoms with Gasteiger partial charge in [-0.2, -0.15) is 0 Å². The van der Waals surface area contributed by atoms with Crippen LogP contribution in [0.15, 0.2) is 65.1 Å². The molecular formula is C22H20N2OS2. The number of aryl methyl sites for hydroxylation is 2. The van der Waals surface area contributed by atoms with Gasteiger partial charge in [-0.1, -0.05) is 60.3 Å². The number of thiophene rings is 1. The van der Waals surface area contributed by atoms with Crippen LogP contribution in [0.3, 0.4) is 0 Å². The molecule has 4 rings (SSSR count). The molecule has 0 radical (unpaired) electrons. The summed E-state index contributed by atoms with van der Waals surface area (Å²) in [6.45, 7) is 8.32. The Morgan fingerprint density at radius 2 is 1.96 bits per heavy atom. The average Bonchev–Trinajstić information content (AvgIpc) is 2.96. The van der Waals surface area contributed by atoms with Crippen molar-refractivity contribution in [3.8, 4) is 0 Å². The second kappa shape index (κ2) is 7.33. The summed E-state index contributed by atoms with van der Waals surface area (Å²) in [5.41, 5.74) is 2.31. The standard InChI is InChI=1S/C22H20N2OS2/c1-4-12-24-21(25)19-14(2)15(3)27-20(19)23-22(24)26-13-17-10-7-9-16-8-5-6-11-18(16)17/h4-11H,1,12-13H2,2-3H3. The highest BCUT2D eigenvalue weighted by Crippen LogP contribution is 2.30. The number of benzene rings is 2. The van der Waals surface area contributed by atoms with E-state index in [-0.39, 0.29) is 5.56 Å². The highest BCUT2D eigenvalue weighted by Gasteiger charge is 2.16. The molecule has 0 spiro atoms. The molecule has 2 heterocycles. The molecule has 0 saturated heterocycles. The van der Waals surface area contributed by atoms with Crippen molar-refractivity contribution in [3.05, 3.63) is 81.5 Å². The lowest BCUT2D eigenvalue weighted by atomic mass is 10.1. The van der Waals surface area contributed by atoms with E-state index in [4.69, 9.17) is 4.98 Å². The molecule has 0 saturated carbocycles. The van der Waals surface area contributed by atoms with E-state index < -0.39 is 0 Å². The Morgan fingerprint density at radius 1 is 1.19 bits per heavy atom. The van der Waals surface area contributed by atoms with Crippen LogP contribution in [-0.2, 0) is 12.3 Å². The monoisotopic (exact) mass is 392 g/mol. The maximum atomic E-state index is 13.1. The van der Waals surface area contributed by atoms with Crippen molar-refractivity contribution in [2.24, 2.45) is 0 Å². The molecule has 3 nitrogen and oxygen atoms in total. The van der Waals surface area contributed by atoms with Crippen molar-refractivity contribution in [2.75, 3.05) is 0 Å². The Morgan fingerprint density at radius 3 is 2.78 bits per heavy atom. The molecular weight excluding hydrogens is 372 g/mol. The first-order valence-electron chi connectivity index (χ1n) is 8.81. The largest absolute Gasteiger partial charge is 0.283 e. The maximum absolute atomic E-state index is 13.1. The fourth-order valence-electron chi connectivity index (χ4n) is 3.27. The fraction of sp³-hybridized carbons (Fsp3) is 0.182. The Bertz CT molecular complexity index is 1220. The Labute approximate surface area is 166 Å². The highest BCUT2D eigenvalue weighted by atomic mass is 32.2.